The molecule has 1 saturated carbocycles. The van der Waals surface area contributed by atoms with Gasteiger partial charge in [0.05, 0.1) is 0 Å². The normalized spacial score (nSPS) is 20.0. The molecule has 2 rings (SSSR count). The minimum atomic E-state index is -0.492. The van der Waals surface area contributed by atoms with Crippen LogP contribution < -0.4 is 10.6 Å². The Morgan fingerprint density at radius 1 is 1.26 bits per heavy atom. The fourth-order valence-corrected chi connectivity index (χ4v) is 2.63. The summed E-state index contributed by atoms with van der Waals surface area (Å²) in [5.74, 6) is 0.219. The predicted octanol–water partition coefficient (Wildman–Crippen LogP) is 2.38. The molecule has 126 valence electrons. The summed E-state index contributed by atoms with van der Waals surface area (Å²) in [4.78, 5) is 23.5. The molecule has 2 amide bonds. The largest absolute Gasteiger partial charge is 0.355 e. The minimum absolute atomic E-state index is 0.0389. The number of carbonyl (C=O) groups excluding carboxylic acids is 2. The van der Waals surface area contributed by atoms with E-state index in [9.17, 15) is 14.0 Å². The Balaban J connectivity index is 1.73. The summed E-state index contributed by atoms with van der Waals surface area (Å²) in [6, 6.07) is 6.60. The van der Waals surface area contributed by atoms with Gasteiger partial charge in [-0.05, 0) is 24.0 Å². The molecular weight excluding hydrogens is 295 g/mol. The number of benzene rings is 1. The van der Waals surface area contributed by atoms with Gasteiger partial charge in [-0.15, -0.1) is 0 Å². The molecule has 0 bridgehead atoms. The Bertz CT molecular complexity index is 586. The molecule has 0 unspecified atom stereocenters. The van der Waals surface area contributed by atoms with Crippen LogP contribution in [0.3, 0.4) is 0 Å². The topological polar surface area (TPSA) is 58.2 Å². The van der Waals surface area contributed by atoms with Gasteiger partial charge in [0.2, 0.25) is 11.8 Å². The first-order valence-electron chi connectivity index (χ1n) is 8.10. The summed E-state index contributed by atoms with van der Waals surface area (Å²) >= 11 is 0. The van der Waals surface area contributed by atoms with E-state index < -0.39 is 5.41 Å². The standard InChI is InChI=1S/C18H25FN2O2/c1-12-10-13(12)17(23)20-9-8-16(22)21-11-18(2,3)14-6-4-5-7-15(14)19/h4-7,12-13H,8-11H2,1-3H3,(H,20,23)(H,21,22)/t12-,13-/m0/s1. The van der Waals surface area contributed by atoms with E-state index in [2.05, 4.69) is 10.6 Å². The Kier molecular flexibility index (Phi) is 5.39. The summed E-state index contributed by atoms with van der Waals surface area (Å²) in [5.41, 5.74) is 0.0876. The lowest BCUT2D eigenvalue weighted by Gasteiger charge is -2.26. The maximum absolute atomic E-state index is 13.9. The lowest BCUT2D eigenvalue weighted by atomic mass is 9.84. The molecule has 1 aliphatic carbocycles. The van der Waals surface area contributed by atoms with E-state index in [0.29, 0.717) is 24.6 Å². The zero-order chi connectivity index (χ0) is 17.0. The van der Waals surface area contributed by atoms with Gasteiger partial charge in [-0.25, -0.2) is 4.39 Å². The van der Waals surface area contributed by atoms with Gasteiger partial charge in [-0.3, -0.25) is 9.59 Å². The van der Waals surface area contributed by atoms with E-state index in [1.54, 1.807) is 18.2 Å². The molecule has 5 heteroatoms. The Labute approximate surface area is 136 Å². The molecule has 0 aliphatic heterocycles. The number of nitrogens with one attached hydrogen (secondary N) is 2. The highest BCUT2D eigenvalue weighted by atomic mass is 19.1. The Hall–Kier alpha value is -1.91. The van der Waals surface area contributed by atoms with E-state index in [1.807, 2.05) is 20.8 Å². The predicted molar refractivity (Wildman–Crippen MR) is 87.3 cm³/mol. The smallest absolute Gasteiger partial charge is 0.223 e. The molecule has 1 fully saturated rings. The van der Waals surface area contributed by atoms with Gasteiger partial charge in [0.1, 0.15) is 5.82 Å². The zero-order valence-corrected chi connectivity index (χ0v) is 14.0. The first-order valence-corrected chi connectivity index (χ1v) is 8.10. The van der Waals surface area contributed by atoms with Crippen molar-refractivity contribution in [2.75, 3.05) is 13.1 Å². The molecule has 1 aromatic carbocycles. The van der Waals surface area contributed by atoms with Crippen molar-refractivity contribution in [1.82, 2.24) is 10.6 Å². The lowest BCUT2D eigenvalue weighted by molar-refractivity contribution is -0.123. The van der Waals surface area contributed by atoms with Gasteiger partial charge in [-0.2, -0.15) is 0 Å². The average molecular weight is 320 g/mol. The molecule has 0 radical (unpaired) electrons. The fourth-order valence-electron chi connectivity index (χ4n) is 2.63. The maximum Gasteiger partial charge on any atom is 0.223 e. The van der Waals surface area contributed by atoms with Gasteiger partial charge < -0.3 is 10.6 Å². The van der Waals surface area contributed by atoms with Crippen molar-refractivity contribution in [3.05, 3.63) is 35.6 Å². The molecule has 0 heterocycles. The molecule has 1 aliphatic rings. The third-order valence-electron chi connectivity index (χ3n) is 4.43. The lowest BCUT2D eigenvalue weighted by Crippen LogP contribution is -2.38. The molecule has 23 heavy (non-hydrogen) atoms. The molecule has 2 atom stereocenters. The van der Waals surface area contributed by atoms with Gasteiger partial charge in [0, 0.05) is 30.8 Å². The molecular formula is C18H25FN2O2. The molecule has 0 saturated heterocycles. The summed E-state index contributed by atoms with van der Waals surface area (Å²) in [6.07, 6.45) is 1.18. The van der Waals surface area contributed by atoms with Crippen LogP contribution in [-0.2, 0) is 15.0 Å². The van der Waals surface area contributed by atoms with Crippen LogP contribution in [0.4, 0.5) is 4.39 Å². The number of halogens is 1. The van der Waals surface area contributed by atoms with Crippen molar-refractivity contribution in [3.8, 4) is 0 Å². The van der Waals surface area contributed by atoms with Crippen molar-refractivity contribution in [1.29, 1.82) is 0 Å². The Morgan fingerprint density at radius 3 is 2.52 bits per heavy atom. The number of rotatable bonds is 7. The average Bonchev–Trinajstić information content (AvgIpc) is 3.22. The monoisotopic (exact) mass is 320 g/mol. The van der Waals surface area contributed by atoms with Crippen molar-refractivity contribution < 1.29 is 14.0 Å². The number of amides is 2. The van der Waals surface area contributed by atoms with Gasteiger partial charge in [0.25, 0.3) is 0 Å². The summed E-state index contributed by atoms with van der Waals surface area (Å²) in [5, 5.41) is 5.60. The molecule has 4 nitrogen and oxygen atoms in total. The van der Waals surface area contributed by atoms with Gasteiger partial charge in [0.15, 0.2) is 0 Å². The minimum Gasteiger partial charge on any atom is -0.355 e. The third kappa shape index (κ3) is 4.78. The second kappa shape index (κ2) is 7.11. The molecule has 0 aromatic heterocycles. The molecule has 2 N–H and O–H groups in total. The van der Waals surface area contributed by atoms with Crippen LogP contribution in [0.2, 0.25) is 0 Å². The van der Waals surface area contributed by atoms with Crippen LogP contribution in [-0.4, -0.2) is 24.9 Å². The van der Waals surface area contributed by atoms with Crippen LogP contribution in [0.25, 0.3) is 0 Å². The summed E-state index contributed by atoms with van der Waals surface area (Å²) in [7, 11) is 0. The van der Waals surface area contributed by atoms with Crippen molar-refractivity contribution >= 4 is 11.8 Å². The van der Waals surface area contributed by atoms with E-state index in [4.69, 9.17) is 0 Å². The molecule has 1 aromatic rings. The second-order valence-corrected chi connectivity index (χ2v) is 7.00. The van der Waals surface area contributed by atoms with E-state index >= 15 is 0 Å². The second-order valence-electron chi connectivity index (χ2n) is 7.00. The first-order chi connectivity index (χ1) is 10.8. The van der Waals surface area contributed by atoms with Crippen molar-refractivity contribution in [2.24, 2.45) is 11.8 Å². The summed E-state index contributed by atoms with van der Waals surface area (Å²) in [6.45, 7) is 6.51. The van der Waals surface area contributed by atoms with Crippen LogP contribution in [0, 0.1) is 17.7 Å². The number of hydrogen-bond donors (Lipinski definition) is 2. The van der Waals surface area contributed by atoms with Crippen molar-refractivity contribution in [3.63, 3.8) is 0 Å². The SMILES string of the molecule is C[C@H]1C[C@@H]1C(=O)NCCC(=O)NCC(C)(C)c1ccccc1F. The van der Waals surface area contributed by atoms with Crippen LogP contribution >= 0.6 is 0 Å². The highest BCUT2D eigenvalue weighted by Gasteiger charge is 2.38. The fraction of sp³-hybridized carbons (Fsp3) is 0.556. The van der Waals surface area contributed by atoms with Gasteiger partial charge >= 0.3 is 0 Å². The number of carbonyl (C=O) groups is 2. The highest BCUT2D eigenvalue weighted by molar-refractivity contribution is 5.82. The molecule has 0 spiro atoms. The van der Waals surface area contributed by atoms with Crippen molar-refractivity contribution in [2.45, 2.75) is 39.0 Å². The van der Waals surface area contributed by atoms with Crippen LogP contribution in [0.5, 0.6) is 0 Å². The van der Waals surface area contributed by atoms with Crippen LogP contribution in [0.15, 0.2) is 24.3 Å². The third-order valence-corrected chi connectivity index (χ3v) is 4.43. The van der Waals surface area contributed by atoms with Crippen LogP contribution in [0.1, 0.15) is 39.2 Å². The van der Waals surface area contributed by atoms with E-state index in [-0.39, 0.29) is 30.0 Å². The van der Waals surface area contributed by atoms with E-state index in [0.717, 1.165) is 6.42 Å². The number of hydrogen-bond acceptors (Lipinski definition) is 2. The van der Waals surface area contributed by atoms with E-state index in [1.165, 1.54) is 6.07 Å². The van der Waals surface area contributed by atoms with Gasteiger partial charge in [-0.1, -0.05) is 39.0 Å². The highest BCUT2D eigenvalue weighted by Crippen LogP contribution is 2.37. The quantitative estimate of drug-likeness (QED) is 0.810. The summed E-state index contributed by atoms with van der Waals surface area (Å²) < 4.78 is 13.9. The zero-order valence-electron chi connectivity index (χ0n) is 14.0. The Morgan fingerprint density at radius 2 is 1.91 bits per heavy atom. The maximum atomic E-state index is 13.9. The first kappa shape index (κ1) is 17.4.